The van der Waals surface area contributed by atoms with Gasteiger partial charge in [-0.1, -0.05) is 34.1 Å². The quantitative estimate of drug-likeness (QED) is 0.282. The molecule has 0 saturated heterocycles. The standard InChI is InChI=1S/C23H21BrN6O2S/c1-26-18(31)10-9-17-19(20-21(25)27-12-28-22(20)33-17)13-5-7-15(8-6-13)29-23(32)30-16-4-2-3-14(24)11-16/h2-8,11-12H,9-10H2,1H3,(H,26,31)(H2,25,27,28)(H2,29,30,32). The minimum atomic E-state index is -0.342. The third-order valence-electron chi connectivity index (χ3n) is 4.96. The number of benzene rings is 2. The van der Waals surface area contributed by atoms with Crippen LogP contribution in [0.15, 0.2) is 59.3 Å². The van der Waals surface area contributed by atoms with Gasteiger partial charge in [0.15, 0.2) is 0 Å². The summed E-state index contributed by atoms with van der Waals surface area (Å²) in [6.45, 7) is 0. The van der Waals surface area contributed by atoms with Gasteiger partial charge in [0.25, 0.3) is 0 Å². The van der Waals surface area contributed by atoms with Gasteiger partial charge < -0.3 is 21.7 Å². The number of thiophene rings is 1. The highest BCUT2D eigenvalue weighted by Crippen LogP contribution is 2.40. The van der Waals surface area contributed by atoms with E-state index in [4.69, 9.17) is 5.73 Å². The third kappa shape index (κ3) is 5.29. The van der Waals surface area contributed by atoms with Crippen LogP contribution in [0.4, 0.5) is 22.0 Å². The molecule has 3 amide bonds. The van der Waals surface area contributed by atoms with Gasteiger partial charge >= 0.3 is 6.03 Å². The Labute approximate surface area is 202 Å². The van der Waals surface area contributed by atoms with Crippen molar-refractivity contribution >= 4 is 66.6 Å². The number of halogens is 1. The summed E-state index contributed by atoms with van der Waals surface area (Å²) in [6.07, 6.45) is 2.36. The van der Waals surface area contributed by atoms with Crippen molar-refractivity contribution < 1.29 is 9.59 Å². The molecule has 4 rings (SSSR count). The second-order valence-corrected chi connectivity index (χ2v) is 9.18. The lowest BCUT2D eigenvalue weighted by Gasteiger charge is -2.10. The molecule has 0 radical (unpaired) electrons. The van der Waals surface area contributed by atoms with E-state index < -0.39 is 0 Å². The fourth-order valence-electron chi connectivity index (χ4n) is 3.42. The molecule has 8 nitrogen and oxygen atoms in total. The first-order chi connectivity index (χ1) is 15.9. The molecule has 5 N–H and O–H groups in total. The summed E-state index contributed by atoms with van der Waals surface area (Å²) in [5, 5.41) is 9.06. The Hall–Kier alpha value is -3.50. The number of hydrogen-bond acceptors (Lipinski definition) is 6. The summed E-state index contributed by atoms with van der Waals surface area (Å²) in [6, 6.07) is 14.5. The predicted molar refractivity (Wildman–Crippen MR) is 136 cm³/mol. The number of carbonyl (C=O) groups is 2. The second kappa shape index (κ2) is 9.97. The van der Waals surface area contributed by atoms with E-state index in [1.54, 1.807) is 7.05 Å². The highest BCUT2D eigenvalue weighted by molar-refractivity contribution is 9.10. The van der Waals surface area contributed by atoms with Crippen LogP contribution in [-0.4, -0.2) is 29.0 Å². The molecule has 0 aliphatic carbocycles. The molecule has 0 aliphatic rings. The lowest BCUT2D eigenvalue weighted by Crippen LogP contribution is -2.19. The monoisotopic (exact) mass is 524 g/mol. The fourth-order valence-corrected chi connectivity index (χ4v) is 4.98. The second-order valence-electron chi connectivity index (χ2n) is 7.18. The number of amides is 3. The molecule has 0 saturated carbocycles. The topological polar surface area (TPSA) is 122 Å². The highest BCUT2D eigenvalue weighted by atomic mass is 79.9. The molecule has 0 spiro atoms. The van der Waals surface area contributed by atoms with Crippen molar-refractivity contribution in [3.05, 3.63) is 64.2 Å². The number of anilines is 3. The number of urea groups is 1. The molecule has 0 atom stereocenters. The molecule has 2 heterocycles. The molecule has 0 aliphatic heterocycles. The van der Waals surface area contributed by atoms with Gasteiger partial charge in [-0.25, -0.2) is 14.8 Å². The van der Waals surface area contributed by atoms with Crippen molar-refractivity contribution in [3.8, 4) is 11.1 Å². The van der Waals surface area contributed by atoms with Crippen LogP contribution < -0.4 is 21.7 Å². The summed E-state index contributed by atoms with van der Waals surface area (Å²) in [7, 11) is 1.62. The minimum absolute atomic E-state index is 0.0338. The van der Waals surface area contributed by atoms with E-state index in [0.29, 0.717) is 30.0 Å². The third-order valence-corrected chi connectivity index (χ3v) is 6.61. The van der Waals surface area contributed by atoms with Gasteiger partial charge in [0.1, 0.15) is 17.0 Å². The molecule has 33 heavy (non-hydrogen) atoms. The summed E-state index contributed by atoms with van der Waals surface area (Å²) in [5.41, 5.74) is 9.33. The molecular formula is C23H21BrN6O2S. The number of nitrogens with one attached hydrogen (secondary N) is 3. The van der Waals surface area contributed by atoms with Crippen LogP contribution >= 0.6 is 27.3 Å². The van der Waals surface area contributed by atoms with Crippen LogP contribution in [0.1, 0.15) is 11.3 Å². The van der Waals surface area contributed by atoms with Gasteiger partial charge in [-0.15, -0.1) is 11.3 Å². The molecule has 0 bridgehead atoms. The smallest absolute Gasteiger partial charge is 0.323 e. The summed E-state index contributed by atoms with van der Waals surface area (Å²) in [5.74, 6) is 0.363. The summed E-state index contributed by atoms with van der Waals surface area (Å²) < 4.78 is 0.878. The first-order valence-corrected chi connectivity index (χ1v) is 11.7. The van der Waals surface area contributed by atoms with Gasteiger partial charge in [-0.05, 0) is 42.3 Å². The number of hydrogen-bond donors (Lipinski definition) is 4. The van der Waals surface area contributed by atoms with Crippen molar-refractivity contribution in [2.75, 3.05) is 23.4 Å². The maximum Gasteiger partial charge on any atom is 0.323 e. The van der Waals surface area contributed by atoms with Crippen molar-refractivity contribution in [1.82, 2.24) is 15.3 Å². The number of nitrogens with two attached hydrogens (primary N) is 1. The summed E-state index contributed by atoms with van der Waals surface area (Å²) in [4.78, 5) is 34.4. The first-order valence-electron chi connectivity index (χ1n) is 10.1. The van der Waals surface area contributed by atoms with Crippen LogP contribution in [0, 0.1) is 0 Å². The zero-order valence-electron chi connectivity index (χ0n) is 17.7. The largest absolute Gasteiger partial charge is 0.383 e. The molecule has 0 unspecified atom stereocenters. The number of aromatic nitrogens is 2. The number of rotatable bonds is 6. The van der Waals surface area contributed by atoms with Crippen molar-refractivity contribution in [2.24, 2.45) is 0 Å². The number of fused-ring (bicyclic) bond motifs is 1. The maximum atomic E-state index is 12.4. The van der Waals surface area contributed by atoms with E-state index >= 15 is 0 Å². The number of aryl methyl sites for hydroxylation is 1. The zero-order valence-corrected chi connectivity index (χ0v) is 20.1. The van der Waals surface area contributed by atoms with Crippen LogP contribution in [0.3, 0.4) is 0 Å². The van der Waals surface area contributed by atoms with Gasteiger partial charge in [-0.2, -0.15) is 0 Å². The Morgan fingerprint density at radius 2 is 1.82 bits per heavy atom. The normalized spacial score (nSPS) is 10.7. The first kappa shape index (κ1) is 22.7. The SMILES string of the molecule is CNC(=O)CCc1sc2ncnc(N)c2c1-c1ccc(NC(=O)Nc2cccc(Br)c2)cc1. The Balaban J connectivity index is 1.58. The lowest BCUT2D eigenvalue weighted by atomic mass is 10.0. The van der Waals surface area contributed by atoms with E-state index in [1.807, 2.05) is 48.5 Å². The average Bonchev–Trinajstić information content (AvgIpc) is 3.17. The lowest BCUT2D eigenvalue weighted by molar-refractivity contribution is -0.120. The molecule has 10 heteroatoms. The van der Waals surface area contributed by atoms with E-state index in [9.17, 15) is 9.59 Å². The molecule has 4 aromatic rings. The van der Waals surface area contributed by atoms with Crippen LogP contribution in [0.2, 0.25) is 0 Å². The average molecular weight is 525 g/mol. The Kier molecular flexibility index (Phi) is 6.85. The van der Waals surface area contributed by atoms with E-state index in [2.05, 4.69) is 41.8 Å². The van der Waals surface area contributed by atoms with Crippen LogP contribution in [0.25, 0.3) is 21.3 Å². The van der Waals surface area contributed by atoms with Crippen molar-refractivity contribution in [3.63, 3.8) is 0 Å². The van der Waals surface area contributed by atoms with Gasteiger partial charge in [0.2, 0.25) is 5.91 Å². The molecule has 168 valence electrons. The summed E-state index contributed by atoms with van der Waals surface area (Å²) >= 11 is 4.89. The molecule has 2 aromatic carbocycles. The number of nitrogens with zero attached hydrogens (tertiary/aromatic N) is 2. The van der Waals surface area contributed by atoms with Crippen molar-refractivity contribution in [2.45, 2.75) is 12.8 Å². The van der Waals surface area contributed by atoms with Gasteiger partial charge in [0, 0.05) is 39.8 Å². The predicted octanol–water partition coefficient (Wildman–Crippen LogP) is 5.03. The highest BCUT2D eigenvalue weighted by Gasteiger charge is 2.18. The molecule has 2 aromatic heterocycles. The Bertz CT molecular complexity index is 1320. The van der Waals surface area contributed by atoms with Crippen molar-refractivity contribution in [1.29, 1.82) is 0 Å². The number of carbonyl (C=O) groups excluding carboxylic acids is 2. The van der Waals surface area contributed by atoms with Crippen LogP contribution in [0.5, 0.6) is 0 Å². The molecular weight excluding hydrogens is 504 g/mol. The molecule has 0 fully saturated rings. The van der Waals surface area contributed by atoms with Crippen LogP contribution in [-0.2, 0) is 11.2 Å². The number of nitrogen functional groups attached to an aromatic ring is 1. The maximum absolute atomic E-state index is 12.4. The minimum Gasteiger partial charge on any atom is -0.383 e. The van der Waals surface area contributed by atoms with E-state index in [-0.39, 0.29) is 11.9 Å². The van der Waals surface area contributed by atoms with E-state index in [0.717, 1.165) is 30.7 Å². The van der Waals surface area contributed by atoms with Gasteiger partial charge in [0.05, 0.1) is 5.39 Å². The van der Waals surface area contributed by atoms with Gasteiger partial charge in [-0.3, -0.25) is 4.79 Å². The van der Waals surface area contributed by atoms with E-state index in [1.165, 1.54) is 17.7 Å². The Morgan fingerprint density at radius 3 is 2.55 bits per heavy atom. The Morgan fingerprint density at radius 1 is 1.06 bits per heavy atom. The fraction of sp³-hybridized carbons (Fsp3) is 0.130. The zero-order chi connectivity index (χ0) is 23.4.